The maximum atomic E-state index is 14.3. The number of rotatable bonds is 15. The van der Waals surface area contributed by atoms with Crippen LogP contribution in [0.15, 0.2) is 66.7 Å². The van der Waals surface area contributed by atoms with Crippen molar-refractivity contribution >= 4 is 17.7 Å². The van der Waals surface area contributed by atoms with E-state index in [-0.39, 0.29) is 53.6 Å². The molecule has 1 unspecified atom stereocenters. The van der Waals surface area contributed by atoms with E-state index in [2.05, 4.69) is 31.4 Å². The lowest BCUT2D eigenvalue weighted by molar-refractivity contribution is -0.183. The summed E-state index contributed by atoms with van der Waals surface area (Å²) in [5.41, 5.74) is 9.37. The number of benzene rings is 3. The zero-order chi connectivity index (χ0) is 40.5. The number of methoxy groups -OCH3 is 1. The van der Waals surface area contributed by atoms with Crippen molar-refractivity contribution in [1.29, 1.82) is 0 Å². The molecule has 1 aliphatic heterocycles. The van der Waals surface area contributed by atoms with Gasteiger partial charge >= 0.3 is 0 Å². The van der Waals surface area contributed by atoms with E-state index in [9.17, 15) is 24.6 Å². The summed E-state index contributed by atoms with van der Waals surface area (Å²) in [5.74, 6) is -0.147. The van der Waals surface area contributed by atoms with Crippen LogP contribution in [-0.4, -0.2) is 103 Å². The summed E-state index contributed by atoms with van der Waals surface area (Å²) >= 11 is 0. The van der Waals surface area contributed by atoms with E-state index in [1.807, 2.05) is 67.5 Å². The number of carbonyl (C=O) groups excluding carboxylic acids is 3. The molecule has 3 saturated carbocycles. The van der Waals surface area contributed by atoms with E-state index >= 15 is 0 Å². The number of primary amides is 1. The Bertz CT molecular complexity index is 1880. The first-order valence-electron chi connectivity index (χ1n) is 19.8. The van der Waals surface area contributed by atoms with Crippen LogP contribution in [0.25, 0.3) is 11.1 Å². The predicted octanol–water partition coefficient (Wildman–Crippen LogP) is 4.02. The third-order valence-corrected chi connectivity index (χ3v) is 12.7. The fourth-order valence-electron chi connectivity index (χ4n) is 9.66. The van der Waals surface area contributed by atoms with E-state index in [0.29, 0.717) is 53.2 Å². The van der Waals surface area contributed by atoms with Crippen LogP contribution in [0.4, 0.5) is 0 Å². The number of aliphatic hydroxyl groups excluding tert-OH is 2. The van der Waals surface area contributed by atoms with Gasteiger partial charge in [-0.15, -0.1) is 0 Å². The molecule has 0 aromatic heterocycles. The van der Waals surface area contributed by atoms with Gasteiger partial charge in [0.2, 0.25) is 11.8 Å². The Hall–Kier alpha value is -4.33. The van der Waals surface area contributed by atoms with Gasteiger partial charge in [-0.1, -0.05) is 69.3 Å². The van der Waals surface area contributed by atoms with Gasteiger partial charge in [-0.25, -0.2) is 0 Å². The van der Waals surface area contributed by atoms with Crippen LogP contribution in [0.3, 0.4) is 0 Å². The Morgan fingerprint density at radius 1 is 1.05 bits per heavy atom. The summed E-state index contributed by atoms with van der Waals surface area (Å²) in [6.45, 7) is 8.77. The smallest absolute Gasteiger partial charge is 0.251 e. The molecule has 1 saturated heterocycles. The SMILES string of the molecule is COc1c(CN2O[C@@H](CO)[C@H]([C@H](C)O)C2C(=O)N[C@H]2C[C@H]3C[C@@H]([C@@H]2C)C3(C)C)cccc1-c1cc(C(N)=O)cc(C(=O)N[C@@H](Cc2ccccc2)CN(C)C)c1. The van der Waals surface area contributed by atoms with Crippen molar-refractivity contribution in [2.24, 2.45) is 34.8 Å². The first-order chi connectivity index (χ1) is 26.6. The molecule has 7 rings (SSSR count). The Kier molecular flexibility index (Phi) is 12.6. The fraction of sp³-hybridized carbons (Fsp3) is 0.523. The second kappa shape index (κ2) is 17.0. The van der Waals surface area contributed by atoms with Gasteiger partial charge < -0.3 is 36.2 Å². The van der Waals surface area contributed by atoms with Crippen molar-refractivity contribution in [3.63, 3.8) is 0 Å². The fourth-order valence-corrected chi connectivity index (χ4v) is 9.66. The number of para-hydroxylation sites is 1. The van der Waals surface area contributed by atoms with Crippen LogP contribution in [0.1, 0.15) is 72.4 Å². The number of amides is 3. The number of hydrogen-bond acceptors (Lipinski definition) is 9. The highest BCUT2D eigenvalue weighted by atomic mass is 16.7. The Morgan fingerprint density at radius 2 is 1.77 bits per heavy atom. The molecular weight excluding hydrogens is 711 g/mol. The van der Waals surface area contributed by atoms with Gasteiger partial charge in [-0.05, 0) is 92.8 Å². The van der Waals surface area contributed by atoms with Crippen molar-refractivity contribution in [3.05, 3.63) is 89.0 Å². The molecule has 12 nitrogen and oxygen atoms in total. The van der Waals surface area contributed by atoms with Crippen molar-refractivity contribution in [2.75, 3.05) is 34.4 Å². The Labute approximate surface area is 330 Å². The topological polar surface area (TPSA) is 167 Å². The van der Waals surface area contributed by atoms with Gasteiger partial charge in [-0.3, -0.25) is 19.2 Å². The van der Waals surface area contributed by atoms with Crippen molar-refractivity contribution in [3.8, 4) is 16.9 Å². The highest BCUT2D eigenvalue weighted by Gasteiger charge is 2.57. The molecule has 6 N–H and O–H groups in total. The lowest BCUT2D eigenvalue weighted by Crippen LogP contribution is -2.62. The summed E-state index contributed by atoms with van der Waals surface area (Å²) in [4.78, 5) is 49.0. The van der Waals surface area contributed by atoms with Gasteiger partial charge in [0, 0.05) is 46.8 Å². The first-order valence-corrected chi connectivity index (χ1v) is 19.8. The summed E-state index contributed by atoms with van der Waals surface area (Å²) in [6.07, 6.45) is 0.951. The van der Waals surface area contributed by atoms with E-state index in [4.69, 9.17) is 15.3 Å². The Morgan fingerprint density at radius 3 is 2.38 bits per heavy atom. The van der Waals surface area contributed by atoms with E-state index in [0.717, 1.165) is 12.0 Å². The molecule has 2 bridgehead atoms. The van der Waals surface area contributed by atoms with Crippen LogP contribution < -0.4 is 21.1 Å². The second-order valence-corrected chi connectivity index (χ2v) is 17.0. The number of carbonyl (C=O) groups is 3. The largest absolute Gasteiger partial charge is 0.496 e. The van der Waals surface area contributed by atoms with E-state index in [1.165, 1.54) is 19.6 Å². The second-order valence-electron chi connectivity index (χ2n) is 17.0. The van der Waals surface area contributed by atoms with Crippen molar-refractivity contribution in [2.45, 2.75) is 83.8 Å². The number of nitrogens with one attached hydrogen (secondary N) is 2. The van der Waals surface area contributed by atoms with Crippen LogP contribution >= 0.6 is 0 Å². The molecule has 3 aromatic rings. The highest BCUT2D eigenvalue weighted by Crippen LogP contribution is 2.61. The molecule has 0 spiro atoms. The zero-order valence-corrected chi connectivity index (χ0v) is 33.7. The standard InChI is InChI=1S/C44H59N5O7/c1-25-35-20-32(44(35,3)4)21-36(25)47-43(54)39-38(26(2)51)37(24-50)56-49(39)22-28-14-11-15-34(40(28)55-7)29-17-30(41(45)52)19-31(18-29)42(53)46-33(23-48(5)6)16-27-12-9-8-10-13-27/h8-15,17-19,25-26,32-33,35-39,50-51H,16,20-24H2,1-7H3,(H2,45,52)(H,46,53)(H,47,54)/t25-,26-,32+,33-,35-,36-,37-,38-,39?/m0/s1. The Balaban J connectivity index is 1.28. The van der Waals surface area contributed by atoms with Gasteiger partial charge in [0.05, 0.1) is 26.4 Å². The van der Waals surface area contributed by atoms with Crippen LogP contribution in [0, 0.1) is 29.1 Å². The van der Waals surface area contributed by atoms with Crippen LogP contribution in [-0.2, 0) is 22.6 Å². The number of hydrogen-bond donors (Lipinski definition) is 5. The third-order valence-electron chi connectivity index (χ3n) is 12.7. The molecule has 9 atom stereocenters. The van der Waals surface area contributed by atoms with Crippen molar-refractivity contribution in [1.82, 2.24) is 20.6 Å². The number of likely N-dealkylation sites (N-methyl/N-ethyl adjacent to an activating group) is 1. The molecule has 1 heterocycles. The quantitative estimate of drug-likeness (QED) is 0.154. The minimum absolute atomic E-state index is 0.00208. The van der Waals surface area contributed by atoms with Crippen molar-refractivity contribution < 1.29 is 34.2 Å². The number of aliphatic hydroxyl groups is 2. The molecule has 0 radical (unpaired) electrons. The lowest BCUT2D eigenvalue weighted by Gasteiger charge is -2.62. The maximum absolute atomic E-state index is 14.3. The molecule has 302 valence electrons. The first kappa shape index (κ1) is 41.3. The van der Waals surface area contributed by atoms with E-state index < -0.39 is 30.1 Å². The van der Waals surface area contributed by atoms with Gasteiger partial charge in [0.25, 0.3) is 5.91 Å². The number of nitrogens with two attached hydrogens (primary N) is 1. The maximum Gasteiger partial charge on any atom is 0.251 e. The molecule has 4 fully saturated rings. The van der Waals surface area contributed by atoms with Crippen LogP contribution in [0.2, 0.25) is 0 Å². The molecular formula is C44H59N5O7. The van der Waals surface area contributed by atoms with Gasteiger partial charge in [-0.2, -0.15) is 5.06 Å². The molecule has 3 aromatic carbocycles. The average molecular weight is 770 g/mol. The summed E-state index contributed by atoms with van der Waals surface area (Å²) < 4.78 is 6.01. The molecule has 12 heteroatoms. The molecule has 56 heavy (non-hydrogen) atoms. The summed E-state index contributed by atoms with van der Waals surface area (Å²) in [6, 6.07) is 19.2. The number of fused-ring (bicyclic) bond motifs is 2. The highest BCUT2D eigenvalue weighted by molar-refractivity contribution is 6.01. The normalized spacial score (nSPS) is 26.6. The lowest BCUT2D eigenvalue weighted by atomic mass is 9.45. The minimum atomic E-state index is -0.941. The number of nitrogens with zero attached hydrogens (tertiary/aromatic N) is 2. The monoisotopic (exact) mass is 769 g/mol. The number of hydroxylamine groups is 2. The number of ether oxygens (including phenoxy) is 1. The van der Waals surface area contributed by atoms with Crippen LogP contribution in [0.5, 0.6) is 5.75 Å². The molecule has 4 aliphatic rings. The van der Waals surface area contributed by atoms with E-state index in [1.54, 1.807) is 24.1 Å². The van der Waals surface area contributed by atoms with Gasteiger partial charge in [0.1, 0.15) is 17.9 Å². The molecule has 3 amide bonds. The van der Waals surface area contributed by atoms with Gasteiger partial charge in [0.15, 0.2) is 0 Å². The molecule has 3 aliphatic carbocycles. The summed E-state index contributed by atoms with van der Waals surface area (Å²) in [7, 11) is 5.43. The minimum Gasteiger partial charge on any atom is -0.496 e. The third kappa shape index (κ3) is 8.50. The predicted molar refractivity (Wildman–Crippen MR) is 214 cm³/mol. The zero-order valence-electron chi connectivity index (χ0n) is 33.7. The summed E-state index contributed by atoms with van der Waals surface area (Å²) in [5, 5.41) is 29.3. The average Bonchev–Trinajstić information content (AvgIpc) is 3.53.